The minimum Gasteiger partial charge on any atom is -0.457 e. The van der Waals surface area contributed by atoms with Gasteiger partial charge in [-0.1, -0.05) is 37.3 Å². The Balaban J connectivity index is 2.20. The van der Waals surface area contributed by atoms with E-state index in [0.29, 0.717) is 5.75 Å². The molecule has 0 aromatic heterocycles. The lowest BCUT2D eigenvalue weighted by Gasteiger charge is -2.10. The molecule has 0 radical (unpaired) electrons. The van der Waals surface area contributed by atoms with Crippen molar-refractivity contribution in [2.24, 2.45) is 0 Å². The Morgan fingerprint density at radius 2 is 1.72 bits per heavy atom. The largest absolute Gasteiger partial charge is 0.457 e. The zero-order valence-electron chi connectivity index (χ0n) is 9.97. The molecule has 2 rings (SSSR count). The van der Waals surface area contributed by atoms with E-state index in [1.54, 1.807) is 6.92 Å². The zero-order valence-corrected chi connectivity index (χ0v) is 10.7. The molecule has 18 heavy (non-hydrogen) atoms. The third kappa shape index (κ3) is 3.11. The first-order valence-electron chi connectivity index (χ1n) is 5.69. The number of ether oxygens (including phenoxy) is 1. The van der Waals surface area contributed by atoms with Gasteiger partial charge in [0.05, 0.1) is 5.92 Å². The van der Waals surface area contributed by atoms with Gasteiger partial charge in [0.15, 0.2) is 0 Å². The zero-order chi connectivity index (χ0) is 13.0. The Bertz CT molecular complexity index is 537. The minimum atomic E-state index is -0.369. The summed E-state index contributed by atoms with van der Waals surface area (Å²) in [5.74, 6) is 1.13. The Morgan fingerprint density at radius 1 is 1.06 bits per heavy atom. The van der Waals surface area contributed by atoms with Crippen molar-refractivity contribution in [3.63, 3.8) is 0 Å². The lowest BCUT2D eigenvalue weighted by Crippen LogP contribution is -2.01. The normalized spacial score (nSPS) is 11.9. The fourth-order valence-corrected chi connectivity index (χ4v) is 1.73. The SMILES string of the molecule is CC(C(=O)Cl)c1cccc(Oc2ccccc2)c1. The smallest absolute Gasteiger partial charge is 0.228 e. The second-order valence-corrected chi connectivity index (χ2v) is 4.39. The lowest BCUT2D eigenvalue weighted by atomic mass is 10.0. The molecule has 3 heteroatoms. The number of hydrogen-bond donors (Lipinski definition) is 0. The minimum absolute atomic E-state index is 0.328. The first kappa shape index (κ1) is 12.7. The molecule has 0 fully saturated rings. The lowest BCUT2D eigenvalue weighted by molar-refractivity contribution is -0.112. The van der Waals surface area contributed by atoms with E-state index < -0.39 is 0 Å². The van der Waals surface area contributed by atoms with Crippen molar-refractivity contribution in [2.75, 3.05) is 0 Å². The number of para-hydroxylation sites is 1. The topological polar surface area (TPSA) is 26.3 Å². The number of rotatable bonds is 4. The number of carbonyl (C=O) groups excluding carboxylic acids is 1. The number of halogens is 1. The summed E-state index contributed by atoms with van der Waals surface area (Å²) >= 11 is 5.50. The number of carbonyl (C=O) groups is 1. The monoisotopic (exact) mass is 260 g/mol. The van der Waals surface area contributed by atoms with Crippen LogP contribution in [0.25, 0.3) is 0 Å². The van der Waals surface area contributed by atoms with E-state index in [9.17, 15) is 4.79 Å². The van der Waals surface area contributed by atoms with Gasteiger partial charge in [-0.15, -0.1) is 0 Å². The van der Waals surface area contributed by atoms with Crippen molar-refractivity contribution in [2.45, 2.75) is 12.8 Å². The summed E-state index contributed by atoms with van der Waals surface area (Å²) in [5.41, 5.74) is 0.850. The summed E-state index contributed by atoms with van der Waals surface area (Å²) in [5, 5.41) is -0.369. The molecule has 2 aromatic rings. The van der Waals surface area contributed by atoms with Gasteiger partial charge in [0.2, 0.25) is 5.24 Å². The number of benzene rings is 2. The predicted molar refractivity (Wildman–Crippen MR) is 72.2 cm³/mol. The summed E-state index contributed by atoms with van der Waals surface area (Å²) in [7, 11) is 0. The second kappa shape index (κ2) is 5.69. The molecule has 1 atom stereocenters. The highest BCUT2D eigenvalue weighted by molar-refractivity contribution is 6.64. The van der Waals surface area contributed by atoms with Crippen molar-refractivity contribution in [3.05, 3.63) is 60.2 Å². The highest BCUT2D eigenvalue weighted by atomic mass is 35.5. The van der Waals surface area contributed by atoms with E-state index in [-0.39, 0.29) is 11.2 Å². The molecule has 0 aliphatic rings. The molecule has 0 bridgehead atoms. The van der Waals surface area contributed by atoms with E-state index >= 15 is 0 Å². The molecular weight excluding hydrogens is 248 g/mol. The molecule has 2 nitrogen and oxygen atoms in total. The van der Waals surface area contributed by atoms with Crippen molar-refractivity contribution in [1.29, 1.82) is 0 Å². The van der Waals surface area contributed by atoms with Crippen molar-refractivity contribution < 1.29 is 9.53 Å². The van der Waals surface area contributed by atoms with Gasteiger partial charge in [-0.25, -0.2) is 0 Å². The third-order valence-corrected chi connectivity index (χ3v) is 3.00. The molecule has 1 unspecified atom stereocenters. The van der Waals surface area contributed by atoms with Gasteiger partial charge in [-0.3, -0.25) is 4.79 Å². The van der Waals surface area contributed by atoms with Crippen LogP contribution in [-0.4, -0.2) is 5.24 Å². The quantitative estimate of drug-likeness (QED) is 0.764. The van der Waals surface area contributed by atoms with Crippen LogP contribution in [0.1, 0.15) is 18.4 Å². The second-order valence-electron chi connectivity index (χ2n) is 4.01. The summed E-state index contributed by atoms with van der Waals surface area (Å²) in [6.07, 6.45) is 0. The molecule has 0 saturated heterocycles. The Hall–Kier alpha value is -1.80. The van der Waals surface area contributed by atoms with Gasteiger partial charge in [-0.05, 0) is 41.4 Å². The van der Waals surface area contributed by atoms with Crippen molar-refractivity contribution >= 4 is 16.8 Å². The van der Waals surface area contributed by atoms with E-state index in [1.165, 1.54) is 0 Å². The fourth-order valence-electron chi connectivity index (χ4n) is 1.60. The maximum Gasteiger partial charge on any atom is 0.228 e. The Morgan fingerprint density at radius 3 is 2.39 bits per heavy atom. The van der Waals surface area contributed by atoms with Gasteiger partial charge in [-0.2, -0.15) is 0 Å². The maximum atomic E-state index is 11.1. The van der Waals surface area contributed by atoms with E-state index in [1.807, 2.05) is 54.6 Å². The molecule has 92 valence electrons. The standard InChI is InChI=1S/C15H13ClO2/c1-11(15(16)17)12-6-5-9-14(10-12)18-13-7-3-2-4-8-13/h2-11H,1H3. The molecule has 0 heterocycles. The van der Waals surface area contributed by atoms with E-state index in [2.05, 4.69) is 0 Å². The van der Waals surface area contributed by atoms with Crippen LogP contribution in [0.4, 0.5) is 0 Å². The highest BCUT2D eigenvalue weighted by Gasteiger charge is 2.13. The van der Waals surface area contributed by atoms with Crippen LogP contribution in [-0.2, 0) is 4.79 Å². The van der Waals surface area contributed by atoms with Crippen LogP contribution in [0, 0.1) is 0 Å². The van der Waals surface area contributed by atoms with Gasteiger partial charge in [0.25, 0.3) is 0 Å². The first-order chi connectivity index (χ1) is 8.66. The van der Waals surface area contributed by atoms with Crippen LogP contribution in [0.15, 0.2) is 54.6 Å². The molecule has 0 amide bonds. The predicted octanol–water partition coefficient (Wildman–Crippen LogP) is 4.35. The average Bonchev–Trinajstić information content (AvgIpc) is 2.39. The maximum absolute atomic E-state index is 11.1. The van der Waals surface area contributed by atoms with Crippen LogP contribution >= 0.6 is 11.6 Å². The van der Waals surface area contributed by atoms with Gasteiger partial charge >= 0.3 is 0 Å². The highest BCUT2D eigenvalue weighted by Crippen LogP contribution is 2.26. The Kier molecular flexibility index (Phi) is 4.00. The molecule has 0 N–H and O–H groups in total. The van der Waals surface area contributed by atoms with Crippen LogP contribution in [0.3, 0.4) is 0 Å². The van der Waals surface area contributed by atoms with Crippen LogP contribution in [0.5, 0.6) is 11.5 Å². The van der Waals surface area contributed by atoms with E-state index in [0.717, 1.165) is 11.3 Å². The van der Waals surface area contributed by atoms with Gasteiger partial charge in [0.1, 0.15) is 11.5 Å². The molecule has 0 saturated carbocycles. The van der Waals surface area contributed by atoms with Gasteiger partial charge in [0, 0.05) is 0 Å². The molecular formula is C15H13ClO2. The molecule has 0 aliphatic heterocycles. The summed E-state index contributed by atoms with van der Waals surface area (Å²) in [6, 6.07) is 16.9. The molecule has 0 aliphatic carbocycles. The van der Waals surface area contributed by atoms with E-state index in [4.69, 9.17) is 16.3 Å². The Labute approximate surface area is 111 Å². The van der Waals surface area contributed by atoms with Crippen molar-refractivity contribution in [1.82, 2.24) is 0 Å². The third-order valence-electron chi connectivity index (χ3n) is 2.68. The summed E-state index contributed by atoms with van der Waals surface area (Å²) in [4.78, 5) is 11.1. The van der Waals surface area contributed by atoms with Gasteiger partial charge < -0.3 is 4.74 Å². The summed E-state index contributed by atoms with van der Waals surface area (Å²) in [6.45, 7) is 1.77. The molecule has 0 spiro atoms. The summed E-state index contributed by atoms with van der Waals surface area (Å²) < 4.78 is 5.69. The van der Waals surface area contributed by atoms with Crippen molar-refractivity contribution in [3.8, 4) is 11.5 Å². The molecule has 2 aromatic carbocycles. The van der Waals surface area contributed by atoms with Crippen LogP contribution in [0.2, 0.25) is 0 Å². The number of hydrogen-bond acceptors (Lipinski definition) is 2. The average molecular weight is 261 g/mol. The fraction of sp³-hybridized carbons (Fsp3) is 0.133. The van der Waals surface area contributed by atoms with Crippen LogP contribution < -0.4 is 4.74 Å². The first-order valence-corrected chi connectivity index (χ1v) is 6.07.